The van der Waals surface area contributed by atoms with Crippen LogP contribution in [0.5, 0.6) is 0 Å². The number of pyridine rings is 1. The smallest absolute Gasteiger partial charge is 0.246 e. The molecule has 1 aliphatic rings. The molecule has 0 saturated carbocycles. The Labute approximate surface area is 149 Å². The number of hydrogen-bond donors (Lipinski definition) is 1. The van der Waals surface area contributed by atoms with E-state index >= 15 is 0 Å². The molecule has 1 saturated heterocycles. The van der Waals surface area contributed by atoms with Gasteiger partial charge in [-0.1, -0.05) is 33.2 Å². The molecule has 0 bridgehead atoms. The van der Waals surface area contributed by atoms with Crippen molar-refractivity contribution >= 4 is 27.5 Å². The Bertz CT molecular complexity index is 645. The lowest BCUT2D eigenvalue weighted by molar-refractivity contribution is -0.121. The SMILES string of the molecule is O=C(CCCCC1CCSS1)NCc1nc(-c2ccncc2)no1. The highest BCUT2D eigenvalue weighted by Gasteiger charge is 2.16. The number of amides is 1. The number of nitrogens with zero attached hydrogens (tertiary/aromatic N) is 3. The minimum atomic E-state index is 0.0344. The van der Waals surface area contributed by atoms with Crippen molar-refractivity contribution in [2.75, 3.05) is 5.75 Å². The summed E-state index contributed by atoms with van der Waals surface area (Å²) in [7, 11) is 3.96. The highest BCUT2D eigenvalue weighted by molar-refractivity contribution is 8.77. The van der Waals surface area contributed by atoms with Crippen molar-refractivity contribution in [3.8, 4) is 11.4 Å². The van der Waals surface area contributed by atoms with Gasteiger partial charge < -0.3 is 9.84 Å². The number of unbranched alkanes of at least 4 members (excludes halogenated alkanes) is 1. The van der Waals surface area contributed by atoms with Crippen molar-refractivity contribution in [3.63, 3.8) is 0 Å². The third kappa shape index (κ3) is 5.24. The maximum absolute atomic E-state index is 11.9. The topological polar surface area (TPSA) is 80.9 Å². The van der Waals surface area contributed by atoms with E-state index in [1.807, 2.05) is 33.7 Å². The van der Waals surface area contributed by atoms with Gasteiger partial charge in [0, 0.05) is 35.4 Å². The Morgan fingerprint density at radius 1 is 1.33 bits per heavy atom. The molecule has 1 unspecified atom stereocenters. The number of carbonyl (C=O) groups excluding carboxylic acids is 1. The summed E-state index contributed by atoms with van der Waals surface area (Å²) in [4.78, 5) is 20.1. The van der Waals surface area contributed by atoms with Gasteiger partial charge in [-0.2, -0.15) is 4.98 Å². The molecule has 0 aromatic carbocycles. The molecule has 1 aliphatic heterocycles. The second-order valence-corrected chi connectivity index (χ2v) is 8.39. The van der Waals surface area contributed by atoms with Gasteiger partial charge in [0.25, 0.3) is 0 Å². The van der Waals surface area contributed by atoms with Crippen LogP contribution in [0.25, 0.3) is 11.4 Å². The fourth-order valence-electron chi connectivity index (χ4n) is 2.43. The summed E-state index contributed by atoms with van der Waals surface area (Å²) in [5.74, 6) is 2.22. The number of nitrogens with one attached hydrogen (secondary N) is 1. The first-order valence-electron chi connectivity index (χ1n) is 8.09. The summed E-state index contributed by atoms with van der Waals surface area (Å²) in [5, 5.41) is 7.53. The molecule has 0 radical (unpaired) electrons. The molecule has 0 aliphatic carbocycles. The second-order valence-electron chi connectivity index (χ2n) is 5.60. The average Bonchev–Trinajstić information content (AvgIpc) is 3.29. The molecular formula is C16H20N4O2S2. The largest absolute Gasteiger partial charge is 0.347 e. The first kappa shape index (κ1) is 17.3. The molecule has 128 valence electrons. The van der Waals surface area contributed by atoms with Crippen LogP contribution >= 0.6 is 21.6 Å². The van der Waals surface area contributed by atoms with Gasteiger partial charge in [0.1, 0.15) is 0 Å². The van der Waals surface area contributed by atoms with Gasteiger partial charge in [-0.05, 0) is 31.4 Å². The summed E-state index contributed by atoms with van der Waals surface area (Å²) >= 11 is 0. The highest BCUT2D eigenvalue weighted by atomic mass is 33.1. The van der Waals surface area contributed by atoms with Crippen LogP contribution in [0.1, 0.15) is 38.0 Å². The maximum atomic E-state index is 11.9. The Morgan fingerprint density at radius 3 is 3.00 bits per heavy atom. The molecule has 1 amide bonds. The van der Waals surface area contributed by atoms with Crippen molar-refractivity contribution in [2.45, 2.75) is 43.9 Å². The van der Waals surface area contributed by atoms with E-state index in [9.17, 15) is 4.79 Å². The molecule has 3 heterocycles. The summed E-state index contributed by atoms with van der Waals surface area (Å²) in [6.07, 6.45) is 8.46. The van der Waals surface area contributed by atoms with E-state index in [1.54, 1.807) is 12.4 Å². The third-order valence-electron chi connectivity index (χ3n) is 3.75. The van der Waals surface area contributed by atoms with Crippen molar-refractivity contribution in [1.29, 1.82) is 0 Å². The number of hydrogen-bond acceptors (Lipinski definition) is 7. The molecule has 6 nitrogen and oxygen atoms in total. The van der Waals surface area contributed by atoms with E-state index in [-0.39, 0.29) is 12.5 Å². The molecule has 1 atom stereocenters. The van der Waals surface area contributed by atoms with E-state index in [2.05, 4.69) is 20.4 Å². The predicted octanol–water partition coefficient (Wildman–Crippen LogP) is 3.46. The molecule has 2 aromatic rings. The molecular weight excluding hydrogens is 344 g/mol. The third-order valence-corrected chi connectivity index (χ3v) is 6.76. The Kier molecular flexibility index (Phi) is 6.54. The van der Waals surface area contributed by atoms with Crippen molar-refractivity contribution in [3.05, 3.63) is 30.4 Å². The highest BCUT2D eigenvalue weighted by Crippen LogP contribution is 2.39. The standard InChI is InChI=1S/C16H20N4O2S2/c21-14(4-2-1-3-13-7-10-23-24-13)18-11-15-19-16(20-22-15)12-5-8-17-9-6-12/h5-6,8-9,13H,1-4,7,10-11H2,(H,18,21). The van der Waals surface area contributed by atoms with Gasteiger partial charge in [-0.15, -0.1) is 0 Å². The Morgan fingerprint density at radius 2 is 2.21 bits per heavy atom. The average molecular weight is 364 g/mol. The summed E-state index contributed by atoms with van der Waals surface area (Å²) < 4.78 is 5.16. The number of aromatic nitrogens is 3. The first-order chi connectivity index (χ1) is 11.8. The van der Waals surface area contributed by atoms with E-state index in [4.69, 9.17) is 4.52 Å². The molecule has 2 aromatic heterocycles. The number of rotatable bonds is 8. The van der Waals surface area contributed by atoms with Crippen LogP contribution in [0.15, 0.2) is 29.0 Å². The quantitative estimate of drug-likeness (QED) is 0.567. The molecule has 3 rings (SSSR count). The van der Waals surface area contributed by atoms with Crippen LogP contribution in [-0.2, 0) is 11.3 Å². The lowest BCUT2D eigenvalue weighted by Gasteiger charge is -2.06. The summed E-state index contributed by atoms with van der Waals surface area (Å²) in [6, 6.07) is 3.63. The van der Waals surface area contributed by atoms with E-state index in [0.717, 1.165) is 23.7 Å². The fourth-order valence-corrected chi connectivity index (χ4v) is 5.46. The lowest BCUT2D eigenvalue weighted by Crippen LogP contribution is -2.22. The van der Waals surface area contributed by atoms with Gasteiger partial charge in [0.15, 0.2) is 0 Å². The van der Waals surface area contributed by atoms with Gasteiger partial charge in [0.05, 0.1) is 6.54 Å². The van der Waals surface area contributed by atoms with Crippen LogP contribution < -0.4 is 5.32 Å². The molecule has 8 heteroatoms. The molecule has 24 heavy (non-hydrogen) atoms. The van der Waals surface area contributed by atoms with E-state index in [1.165, 1.54) is 18.6 Å². The molecule has 1 N–H and O–H groups in total. The Balaban J connectivity index is 1.35. The van der Waals surface area contributed by atoms with Crippen molar-refractivity contribution in [2.24, 2.45) is 0 Å². The molecule has 1 fully saturated rings. The van der Waals surface area contributed by atoms with Crippen LogP contribution in [0.3, 0.4) is 0 Å². The monoisotopic (exact) mass is 364 g/mol. The fraction of sp³-hybridized carbons (Fsp3) is 0.500. The van der Waals surface area contributed by atoms with Crippen LogP contribution in [0.2, 0.25) is 0 Å². The Hall–Kier alpha value is -1.54. The van der Waals surface area contributed by atoms with Crippen molar-refractivity contribution in [1.82, 2.24) is 20.4 Å². The summed E-state index contributed by atoms with van der Waals surface area (Å²) in [6.45, 7) is 0.270. The van der Waals surface area contributed by atoms with E-state index < -0.39 is 0 Å². The zero-order chi connectivity index (χ0) is 16.6. The predicted molar refractivity (Wildman–Crippen MR) is 96.3 cm³/mol. The van der Waals surface area contributed by atoms with Gasteiger partial charge in [-0.3, -0.25) is 9.78 Å². The minimum Gasteiger partial charge on any atom is -0.347 e. The van der Waals surface area contributed by atoms with Gasteiger partial charge in [0.2, 0.25) is 17.6 Å². The minimum absolute atomic E-state index is 0.0344. The van der Waals surface area contributed by atoms with Gasteiger partial charge >= 0.3 is 0 Å². The summed E-state index contributed by atoms with van der Waals surface area (Å²) in [5.41, 5.74) is 0.842. The van der Waals surface area contributed by atoms with E-state index in [0.29, 0.717) is 18.1 Å². The lowest BCUT2D eigenvalue weighted by atomic mass is 10.1. The van der Waals surface area contributed by atoms with Gasteiger partial charge in [-0.25, -0.2) is 0 Å². The van der Waals surface area contributed by atoms with Crippen molar-refractivity contribution < 1.29 is 9.32 Å². The number of carbonyl (C=O) groups is 1. The normalized spacial score (nSPS) is 17.1. The van der Waals surface area contributed by atoms with Crippen LogP contribution in [0, 0.1) is 0 Å². The first-order valence-corrected chi connectivity index (χ1v) is 10.5. The second kappa shape index (κ2) is 9.08. The van der Waals surface area contributed by atoms with Crippen LogP contribution in [-0.4, -0.2) is 32.0 Å². The maximum Gasteiger partial charge on any atom is 0.246 e. The van der Waals surface area contributed by atoms with Crippen LogP contribution in [0.4, 0.5) is 0 Å². The zero-order valence-electron chi connectivity index (χ0n) is 13.3. The molecule has 0 spiro atoms. The zero-order valence-corrected chi connectivity index (χ0v) is 14.9.